The molecule has 44 heavy (non-hydrogen) atoms. The summed E-state index contributed by atoms with van der Waals surface area (Å²) in [5.74, 6) is 0.667. The summed E-state index contributed by atoms with van der Waals surface area (Å²) in [5, 5.41) is 0.979. The third-order valence-electron chi connectivity index (χ3n) is 7.89. The van der Waals surface area contributed by atoms with Crippen LogP contribution in [0.4, 0.5) is 18.9 Å². The van der Waals surface area contributed by atoms with Gasteiger partial charge in [0.05, 0.1) is 29.4 Å². The molecule has 1 aliphatic heterocycles. The van der Waals surface area contributed by atoms with Crippen LogP contribution in [0.2, 0.25) is 10.0 Å². The standard InChI is InChI=1S/C33H37Cl2F3N2O4/c1-6-29(22-9-12-25(34)26(35)16-22)43-24-10-7-21(8-11-24)30-13-14-39(3)27-17-23(20(2)15-31(27)44-30)18-28(32(41)42-5)40(4)19-33(36,37)38/h7-12,15-17,28-30H,6,13-14,18-19H2,1-5H3/t28-,29+,30+/m0/s1. The van der Waals surface area contributed by atoms with E-state index in [0.29, 0.717) is 34.5 Å². The lowest BCUT2D eigenvalue weighted by molar-refractivity contribution is -0.160. The molecule has 0 bridgehead atoms. The van der Waals surface area contributed by atoms with E-state index in [2.05, 4.69) is 4.90 Å². The van der Waals surface area contributed by atoms with E-state index >= 15 is 0 Å². The van der Waals surface area contributed by atoms with Crippen LogP contribution in [0.5, 0.6) is 11.5 Å². The number of hydrogen-bond donors (Lipinski definition) is 0. The molecule has 3 aromatic rings. The number of alkyl halides is 3. The smallest absolute Gasteiger partial charge is 0.401 e. The van der Waals surface area contributed by atoms with Crippen LogP contribution in [0.3, 0.4) is 0 Å². The van der Waals surface area contributed by atoms with E-state index in [0.717, 1.165) is 39.3 Å². The van der Waals surface area contributed by atoms with Gasteiger partial charge in [-0.25, -0.2) is 0 Å². The third kappa shape index (κ3) is 8.31. The fourth-order valence-electron chi connectivity index (χ4n) is 5.39. The van der Waals surface area contributed by atoms with Crippen LogP contribution in [-0.2, 0) is 16.0 Å². The van der Waals surface area contributed by atoms with E-state index in [9.17, 15) is 18.0 Å². The molecular formula is C33H37Cl2F3N2O4. The van der Waals surface area contributed by atoms with Crippen molar-refractivity contribution in [2.45, 2.75) is 57.5 Å². The number of hydrogen-bond acceptors (Lipinski definition) is 6. The molecule has 6 nitrogen and oxygen atoms in total. The van der Waals surface area contributed by atoms with Gasteiger partial charge in [0.1, 0.15) is 29.7 Å². The van der Waals surface area contributed by atoms with Gasteiger partial charge >= 0.3 is 12.1 Å². The maximum Gasteiger partial charge on any atom is 0.401 e. The summed E-state index contributed by atoms with van der Waals surface area (Å²) in [6.07, 6.45) is -3.34. The van der Waals surface area contributed by atoms with Gasteiger partial charge in [0.15, 0.2) is 0 Å². The Morgan fingerprint density at radius 2 is 1.82 bits per heavy atom. The zero-order valence-corrected chi connectivity index (χ0v) is 26.9. The zero-order chi connectivity index (χ0) is 32.2. The van der Waals surface area contributed by atoms with Gasteiger partial charge in [-0.05, 0) is 85.5 Å². The second-order valence-electron chi connectivity index (χ2n) is 11.1. The number of halogens is 5. The highest BCUT2D eigenvalue weighted by Crippen LogP contribution is 2.39. The Bertz CT molecular complexity index is 1450. The third-order valence-corrected chi connectivity index (χ3v) is 8.63. The molecule has 0 saturated heterocycles. The molecule has 0 aliphatic carbocycles. The van der Waals surface area contributed by atoms with E-state index in [1.807, 2.05) is 69.4 Å². The Hall–Kier alpha value is -3.14. The topological polar surface area (TPSA) is 51.2 Å². The molecule has 1 aliphatic rings. The van der Waals surface area contributed by atoms with Crippen LogP contribution in [0.15, 0.2) is 54.6 Å². The Morgan fingerprint density at radius 1 is 1.11 bits per heavy atom. The van der Waals surface area contributed by atoms with Gasteiger partial charge in [-0.1, -0.05) is 48.3 Å². The molecule has 4 rings (SSSR count). The number of carbonyl (C=O) groups excluding carboxylic acids is 1. The molecule has 3 aromatic carbocycles. The predicted octanol–water partition coefficient (Wildman–Crippen LogP) is 8.37. The maximum absolute atomic E-state index is 13.1. The summed E-state index contributed by atoms with van der Waals surface area (Å²) < 4.78 is 56.9. The van der Waals surface area contributed by atoms with Gasteiger partial charge < -0.3 is 19.1 Å². The Labute approximate surface area is 266 Å². The fourth-order valence-corrected chi connectivity index (χ4v) is 5.69. The number of nitrogens with zero attached hydrogens (tertiary/aromatic N) is 2. The Balaban J connectivity index is 1.52. The monoisotopic (exact) mass is 652 g/mol. The highest BCUT2D eigenvalue weighted by molar-refractivity contribution is 6.42. The summed E-state index contributed by atoms with van der Waals surface area (Å²) >= 11 is 12.3. The molecule has 0 spiro atoms. The molecule has 0 N–H and O–H groups in total. The summed E-state index contributed by atoms with van der Waals surface area (Å²) in [6, 6.07) is 16.0. The fraction of sp³-hybridized carbons (Fsp3) is 0.424. The van der Waals surface area contributed by atoms with Crippen molar-refractivity contribution in [2.75, 3.05) is 39.2 Å². The summed E-state index contributed by atoms with van der Waals surface area (Å²) in [4.78, 5) is 15.5. The number of methoxy groups -OCH3 is 1. The van der Waals surface area contributed by atoms with Gasteiger partial charge in [0.2, 0.25) is 0 Å². The molecule has 1 heterocycles. The van der Waals surface area contributed by atoms with Crippen LogP contribution in [0.25, 0.3) is 0 Å². The summed E-state index contributed by atoms with van der Waals surface area (Å²) in [5.41, 5.74) is 4.29. The zero-order valence-electron chi connectivity index (χ0n) is 25.4. The largest absolute Gasteiger partial charge is 0.486 e. The van der Waals surface area contributed by atoms with Crippen molar-refractivity contribution < 1.29 is 32.2 Å². The second kappa shape index (κ2) is 14.3. The minimum absolute atomic E-state index is 0.0675. The highest BCUT2D eigenvalue weighted by atomic mass is 35.5. The van der Waals surface area contributed by atoms with Crippen LogP contribution in [0, 0.1) is 6.92 Å². The van der Waals surface area contributed by atoms with Crippen LogP contribution < -0.4 is 14.4 Å². The van der Waals surface area contributed by atoms with Gasteiger partial charge in [0, 0.05) is 20.0 Å². The molecule has 0 saturated carbocycles. The molecule has 0 radical (unpaired) electrons. The van der Waals surface area contributed by atoms with Crippen molar-refractivity contribution in [1.82, 2.24) is 4.90 Å². The normalized spacial score (nSPS) is 16.5. The lowest BCUT2D eigenvalue weighted by Gasteiger charge is -2.28. The first-order valence-corrected chi connectivity index (χ1v) is 15.1. The molecule has 0 amide bonds. The van der Waals surface area contributed by atoms with E-state index in [1.165, 1.54) is 14.2 Å². The van der Waals surface area contributed by atoms with Crippen molar-refractivity contribution in [3.8, 4) is 11.5 Å². The molecule has 0 aromatic heterocycles. The number of fused-ring (bicyclic) bond motifs is 1. The number of anilines is 1. The van der Waals surface area contributed by atoms with E-state index < -0.39 is 24.7 Å². The number of aryl methyl sites for hydroxylation is 1. The Morgan fingerprint density at radius 3 is 2.43 bits per heavy atom. The van der Waals surface area contributed by atoms with E-state index in [4.69, 9.17) is 37.4 Å². The highest BCUT2D eigenvalue weighted by Gasteiger charge is 2.35. The van der Waals surface area contributed by atoms with Crippen LogP contribution in [-0.4, -0.2) is 57.4 Å². The number of benzene rings is 3. The average Bonchev–Trinajstić information content (AvgIpc) is 3.13. The van der Waals surface area contributed by atoms with Gasteiger partial charge in [0.25, 0.3) is 0 Å². The number of carbonyl (C=O) groups is 1. The molecule has 238 valence electrons. The summed E-state index contributed by atoms with van der Waals surface area (Å²) in [6.45, 7) is 3.36. The van der Waals surface area contributed by atoms with Gasteiger partial charge in [-0.3, -0.25) is 9.69 Å². The number of ether oxygens (including phenoxy) is 3. The van der Waals surface area contributed by atoms with Gasteiger partial charge in [-0.15, -0.1) is 0 Å². The first-order valence-electron chi connectivity index (χ1n) is 14.4. The van der Waals surface area contributed by atoms with Crippen molar-refractivity contribution in [3.63, 3.8) is 0 Å². The average molecular weight is 654 g/mol. The maximum atomic E-state index is 13.1. The summed E-state index contributed by atoms with van der Waals surface area (Å²) in [7, 11) is 4.40. The van der Waals surface area contributed by atoms with E-state index in [1.54, 1.807) is 6.07 Å². The first kappa shape index (κ1) is 33.7. The molecule has 11 heteroatoms. The van der Waals surface area contributed by atoms with Crippen molar-refractivity contribution in [3.05, 3.63) is 86.9 Å². The molecule has 3 atom stereocenters. The molecular weight excluding hydrogens is 616 g/mol. The minimum atomic E-state index is -4.44. The lowest BCUT2D eigenvalue weighted by Crippen LogP contribution is -2.45. The second-order valence-corrected chi connectivity index (χ2v) is 11.9. The van der Waals surface area contributed by atoms with Crippen LogP contribution in [0.1, 0.15) is 54.2 Å². The molecule has 0 fully saturated rings. The minimum Gasteiger partial charge on any atom is -0.486 e. The van der Waals surface area contributed by atoms with Crippen molar-refractivity contribution in [1.29, 1.82) is 0 Å². The number of likely N-dealkylation sites (N-methyl/N-ethyl adjacent to an activating group) is 1. The SMILES string of the molecule is CC[C@@H](Oc1ccc([C@H]2CCN(C)c3cc(C[C@@H](C(=O)OC)N(C)CC(F)(F)F)c(C)cc3O2)cc1)c1ccc(Cl)c(Cl)c1. The number of esters is 1. The molecule has 0 unspecified atom stereocenters. The first-order chi connectivity index (χ1) is 20.8. The van der Waals surface area contributed by atoms with Crippen molar-refractivity contribution in [2.24, 2.45) is 0 Å². The van der Waals surface area contributed by atoms with Gasteiger partial charge in [-0.2, -0.15) is 13.2 Å². The van der Waals surface area contributed by atoms with Crippen molar-refractivity contribution >= 4 is 34.9 Å². The van der Waals surface area contributed by atoms with Crippen LogP contribution >= 0.6 is 23.2 Å². The Kier molecular flexibility index (Phi) is 11.0. The predicted molar refractivity (Wildman–Crippen MR) is 167 cm³/mol. The number of rotatable bonds is 10. The quantitative estimate of drug-likeness (QED) is 0.205. The van der Waals surface area contributed by atoms with E-state index in [-0.39, 0.29) is 18.6 Å². The lowest BCUT2D eigenvalue weighted by atomic mass is 9.98.